The molecule has 0 amide bonds. The van der Waals surface area contributed by atoms with Gasteiger partial charge in [0.2, 0.25) is 20.0 Å². The zero-order valence-corrected chi connectivity index (χ0v) is 14.5. The average Bonchev–Trinajstić information content (AvgIpc) is 2.50. The molecule has 0 fully saturated rings. The fraction of sp³-hybridized carbons (Fsp3) is 0.200. The van der Waals surface area contributed by atoms with Crippen molar-refractivity contribution in [2.24, 2.45) is 0 Å². The highest BCUT2D eigenvalue weighted by Gasteiger charge is 2.17. The minimum atomic E-state index is -3.90. The van der Waals surface area contributed by atoms with E-state index in [-0.39, 0.29) is 17.0 Å². The van der Waals surface area contributed by atoms with Gasteiger partial charge in [-0.05, 0) is 42.8 Å². The fourth-order valence-corrected chi connectivity index (χ4v) is 4.13. The second-order valence-corrected chi connectivity index (χ2v) is 8.70. The molecule has 24 heavy (non-hydrogen) atoms. The van der Waals surface area contributed by atoms with Gasteiger partial charge in [0.25, 0.3) is 0 Å². The van der Waals surface area contributed by atoms with Gasteiger partial charge in [0.1, 0.15) is 5.82 Å². The van der Waals surface area contributed by atoms with Crippen LogP contribution in [0, 0.1) is 12.7 Å². The molecule has 0 aliphatic carbocycles. The summed E-state index contributed by atoms with van der Waals surface area (Å²) in [6, 6.07) is 11.6. The maximum atomic E-state index is 13.2. The van der Waals surface area contributed by atoms with Crippen LogP contribution in [0.3, 0.4) is 0 Å². The van der Waals surface area contributed by atoms with Crippen LogP contribution >= 0.6 is 0 Å². The summed E-state index contributed by atoms with van der Waals surface area (Å²) in [5.41, 5.74) is 0.589. The summed E-state index contributed by atoms with van der Waals surface area (Å²) in [5, 5.41) is 0. The molecule has 0 bridgehead atoms. The third-order valence-electron chi connectivity index (χ3n) is 3.15. The maximum Gasteiger partial charge on any atom is 0.240 e. The van der Waals surface area contributed by atoms with Gasteiger partial charge in [0.15, 0.2) is 0 Å². The van der Waals surface area contributed by atoms with Crippen molar-refractivity contribution in [2.75, 3.05) is 17.0 Å². The number of sulfonamides is 2. The third kappa shape index (κ3) is 5.02. The summed E-state index contributed by atoms with van der Waals surface area (Å²) in [7, 11) is -7.59. The summed E-state index contributed by atoms with van der Waals surface area (Å²) >= 11 is 0. The van der Waals surface area contributed by atoms with Crippen molar-refractivity contribution >= 4 is 25.7 Å². The molecule has 0 radical (unpaired) electrons. The molecule has 0 saturated heterocycles. The Bertz CT molecular complexity index is 914. The van der Waals surface area contributed by atoms with Gasteiger partial charge < -0.3 is 0 Å². The number of aryl methyl sites for hydroxylation is 1. The van der Waals surface area contributed by atoms with E-state index in [9.17, 15) is 21.2 Å². The smallest absolute Gasteiger partial charge is 0.240 e. The first-order chi connectivity index (χ1) is 11.2. The number of halogens is 1. The SMILES string of the molecule is Cc1cc(S(=O)(=O)NCCS(=O)(=O)Nc2ccccc2)ccc1F. The first-order valence-corrected chi connectivity index (χ1v) is 10.1. The van der Waals surface area contributed by atoms with Crippen LogP contribution in [-0.4, -0.2) is 29.1 Å². The van der Waals surface area contributed by atoms with Crippen molar-refractivity contribution in [1.29, 1.82) is 0 Å². The van der Waals surface area contributed by atoms with Gasteiger partial charge in [-0.1, -0.05) is 18.2 Å². The van der Waals surface area contributed by atoms with Gasteiger partial charge in [-0.2, -0.15) is 0 Å². The number of hydrogen-bond donors (Lipinski definition) is 2. The molecule has 2 rings (SSSR count). The molecule has 0 aromatic heterocycles. The number of para-hydroxylation sites is 1. The van der Waals surface area contributed by atoms with Gasteiger partial charge >= 0.3 is 0 Å². The molecule has 2 N–H and O–H groups in total. The van der Waals surface area contributed by atoms with E-state index in [1.54, 1.807) is 30.3 Å². The summed E-state index contributed by atoms with van der Waals surface area (Å²) in [6.07, 6.45) is 0. The molecular formula is C15H17FN2O4S2. The Morgan fingerprint density at radius 1 is 1.00 bits per heavy atom. The third-order valence-corrected chi connectivity index (χ3v) is 5.90. The van der Waals surface area contributed by atoms with E-state index < -0.39 is 31.6 Å². The minimum Gasteiger partial charge on any atom is -0.284 e. The Hall–Kier alpha value is -1.97. The van der Waals surface area contributed by atoms with E-state index >= 15 is 0 Å². The lowest BCUT2D eigenvalue weighted by Crippen LogP contribution is -2.31. The summed E-state index contributed by atoms with van der Waals surface area (Å²) < 4.78 is 65.8. The molecular weight excluding hydrogens is 355 g/mol. The Morgan fingerprint density at radius 3 is 2.29 bits per heavy atom. The van der Waals surface area contributed by atoms with Crippen molar-refractivity contribution < 1.29 is 21.2 Å². The molecule has 9 heteroatoms. The predicted octanol–water partition coefficient (Wildman–Crippen LogP) is 1.85. The number of nitrogens with one attached hydrogen (secondary N) is 2. The lowest BCUT2D eigenvalue weighted by Gasteiger charge is -2.10. The molecule has 0 heterocycles. The van der Waals surface area contributed by atoms with Crippen LogP contribution in [-0.2, 0) is 20.0 Å². The van der Waals surface area contributed by atoms with Crippen LogP contribution < -0.4 is 9.44 Å². The molecule has 0 aliphatic heterocycles. The van der Waals surface area contributed by atoms with Crippen LogP contribution in [0.2, 0.25) is 0 Å². The van der Waals surface area contributed by atoms with Crippen LogP contribution in [0.15, 0.2) is 53.4 Å². The Labute approximate surface area is 140 Å². The van der Waals surface area contributed by atoms with Gasteiger partial charge in [0.05, 0.1) is 10.6 Å². The summed E-state index contributed by atoms with van der Waals surface area (Å²) in [5.74, 6) is -0.940. The standard InChI is InChI=1S/C15H17FN2O4S2/c1-12-11-14(7-8-15(12)16)24(21,22)17-9-10-23(19,20)18-13-5-3-2-4-6-13/h2-8,11,17-18H,9-10H2,1H3. The zero-order valence-electron chi connectivity index (χ0n) is 12.9. The normalized spacial score (nSPS) is 12.1. The number of anilines is 1. The minimum absolute atomic E-state index is 0.116. The van der Waals surface area contributed by atoms with E-state index in [2.05, 4.69) is 9.44 Å². The predicted molar refractivity (Wildman–Crippen MR) is 90.2 cm³/mol. The first-order valence-electron chi connectivity index (χ1n) is 7.01. The average molecular weight is 372 g/mol. The molecule has 0 spiro atoms. The van der Waals surface area contributed by atoms with Crippen LogP contribution in [0.25, 0.3) is 0 Å². The highest BCUT2D eigenvalue weighted by Crippen LogP contribution is 2.14. The molecule has 130 valence electrons. The molecule has 2 aromatic carbocycles. The Balaban J connectivity index is 1.98. The first kappa shape index (κ1) is 18.4. The largest absolute Gasteiger partial charge is 0.284 e. The van der Waals surface area contributed by atoms with E-state index in [1.807, 2.05) is 0 Å². The van der Waals surface area contributed by atoms with Crippen LogP contribution in [0.1, 0.15) is 5.56 Å². The Morgan fingerprint density at radius 2 is 1.67 bits per heavy atom. The lowest BCUT2D eigenvalue weighted by atomic mass is 10.2. The number of benzene rings is 2. The number of rotatable bonds is 7. The highest BCUT2D eigenvalue weighted by molar-refractivity contribution is 7.92. The van der Waals surface area contributed by atoms with Gasteiger partial charge in [0, 0.05) is 12.2 Å². The van der Waals surface area contributed by atoms with Crippen LogP contribution in [0.4, 0.5) is 10.1 Å². The highest BCUT2D eigenvalue weighted by atomic mass is 32.2. The van der Waals surface area contributed by atoms with E-state index in [4.69, 9.17) is 0 Å². The molecule has 2 aromatic rings. The molecule has 0 atom stereocenters. The summed E-state index contributed by atoms with van der Waals surface area (Å²) in [6.45, 7) is 1.14. The summed E-state index contributed by atoms with van der Waals surface area (Å²) in [4.78, 5) is -0.116. The van der Waals surface area contributed by atoms with E-state index in [0.29, 0.717) is 5.69 Å². The lowest BCUT2D eigenvalue weighted by molar-refractivity contribution is 0.580. The second kappa shape index (κ2) is 7.29. The molecule has 0 saturated carbocycles. The molecule has 6 nitrogen and oxygen atoms in total. The van der Waals surface area contributed by atoms with Crippen molar-refractivity contribution in [2.45, 2.75) is 11.8 Å². The van der Waals surface area contributed by atoms with Crippen molar-refractivity contribution in [3.63, 3.8) is 0 Å². The van der Waals surface area contributed by atoms with Crippen LogP contribution in [0.5, 0.6) is 0 Å². The topological polar surface area (TPSA) is 92.3 Å². The fourth-order valence-electron chi connectivity index (χ4n) is 1.91. The Kier molecular flexibility index (Phi) is 5.58. The monoisotopic (exact) mass is 372 g/mol. The van der Waals surface area contributed by atoms with E-state index in [1.165, 1.54) is 13.0 Å². The quantitative estimate of drug-likeness (QED) is 0.776. The van der Waals surface area contributed by atoms with Gasteiger partial charge in [-0.3, -0.25) is 4.72 Å². The maximum absolute atomic E-state index is 13.2. The van der Waals surface area contributed by atoms with Gasteiger partial charge in [-0.15, -0.1) is 0 Å². The van der Waals surface area contributed by atoms with E-state index in [0.717, 1.165) is 12.1 Å². The zero-order chi connectivity index (χ0) is 17.8. The number of hydrogen-bond acceptors (Lipinski definition) is 4. The van der Waals surface area contributed by atoms with Gasteiger partial charge in [-0.25, -0.2) is 25.9 Å². The van der Waals surface area contributed by atoms with Crippen molar-refractivity contribution in [1.82, 2.24) is 4.72 Å². The van der Waals surface area contributed by atoms with Crippen molar-refractivity contribution in [3.8, 4) is 0 Å². The molecule has 0 aliphatic rings. The second-order valence-electron chi connectivity index (χ2n) is 5.10. The molecule has 0 unspecified atom stereocenters. The van der Waals surface area contributed by atoms with Crippen molar-refractivity contribution in [3.05, 3.63) is 59.9 Å².